The third-order valence-electron chi connectivity index (χ3n) is 4.46. The summed E-state index contributed by atoms with van der Waals surface area (Å²) in [6, 6.07) is 6.52. The minimum absolute atomic E-state index is 0.352. The van der Waals surface area contributed by atoms with Gasteiger partial charge in [-0.05, 0) is 73.9 Å². The zero-order valence-corrected chi connectivity index (χ0v) is 13.6. The normalized spacial score (nSPS) is 21.2. The van der Waals surface area contributed by atoms with E-state index in [-0.39, 0.29) is 0 Å². The molecule has 3 nitrogen and oxygen atoms in total. The van der Waals surface area contributed by atoms with Crippen molar-refractivity contribution in [2.24, 2.45) is 0 Å². The van der Waals surface area contributed by atoms with Crippen molar-refractivity contribution in [2.45, 2.75) is 37.7 Å². The standard InChI is InChI=1S/C17H25NO2S/c1-19-17-12-14(13-4-8-18-9-5-13)2-3-16(17)20-15-6-10-21-11-7-15/h2-3,12-13,15,18H,4-11H2,1H3. The van der Waals surface area contributed by atoms with E-state index in [4.69, 9.17) is 9.47 Å². The Morgan fingerprint density at radius 1 is 1.05 bits per heavy atom. The molecule has 0 bridgehead atoms. The smallest absolute Gasteiger partial charge is 0.161 e. The number of rotatable bonds is 4. The third-order valence-corrected chi connectivity index (χ3v) is 5.51. The minimum atomic E-state index is 0.352. The number of nitrogens with one attached hydrogen (secondary N) is 1. The molecule has 21 heavy (non-hydrogen) atoms. The van der Waals surface area contributed by atoms with Gasteiger partial charge in [0.2, 0.25) is 0 Å². The highest BCUT2D eigenvalue weighted by Gasteiger charge is 2.20. The number of piperidine rings is 1. The first-order valence-electron chi connectivity index (χ1n) is 8.00. The van der Waals surface area contributed by atoms with Crippen molar-refractivity contribution in [1.82, 2.24) is 5.32 Å². The largest absolute Gasteiger partial charge is 0.493 e. The Morgan fingerprint density at radius 3 is 2.52 bits per heavy atom. The maximum atomic E-state index is 6.17. The van der Waals surface area contributed by atoms with Crippen LogP contribution in [-0.2, 0) is 0 Å². The van der Waals surface area contributed by atoms with Gasteiger partial charge < -0.3 is 14.8 Å². The Hall–Kier alpha value is -0.870. The maximum absolute atomic E-state index is 6.17. The molecule has 3 rings (SSSR count). The lowest BCUT2D eigenvalue weighted by Crippen LogP contribution is -2.26. The van der Waals surface area contributed by atoms with E-state index < -0.39 is 0 Å². The Bertz CT molecular complexity index is 454. The molecule has 116 valence electrons. The second kappa shape index (κ2) is 7.41. The van der Waals surface area contributed by atoms with E-state index in [1.54, 1.807) is 7.11 Å². The predicted octanol–water partition coefficient (Wildman–Crippen LogP) is 3.44. The van der Waals surface area contributed by atoms with Crippen LogP contribution in [0.5, 0.6) is 11.5 Å². The molecule has 0 atom stereocenters. The van der Waals surface area contributed by atoms with E-state index in [9.17, 15) is 0 Å². The van der Waals surface area contributed by atoms with E-state index in [2.05, 4.69) is 23.5 Å². The van der Waals surface area contributed by atoms with Crippen molar-refractivity contribution in [2.75, 3.05) is 31.7 Å². The molecule has 0 spiro atoms. The summed E-state index contributed by atoms with van der Waals surface area (Å²) >= 11 is 2.02. The van der Waals surface area contributed by atoms with Crippen LogP contribution >= 0.6 is 11.8 Å². The summed E-state index contributed by atoms with van der Waals surface area (Å²) in [5, 5.41) is 3.42. The van der Waals surface area contributed by atoms with Crippen LogP contribution in [0.4, 0.5) is 0 Å². The van der Waals surface area contributed by atoms with E-state index >= 15 is 0 Å². The molecule has 2 aliphatic heterocycles. The Labute approximate surface area is 131 Å². The number of thioether (sulfide) groups is 1. The van der Waals surface area contributed by atoms with Crippen LogP contribution in [0, 0.1) is 0 Å². The Kier molecular flexibility index (Phi) is 5.31. The van der Waals surface area contributed by atoms with Crippen LogP contribution in [0.25, 0.3) is 0 Å². The second-order valence-electron chi connectivity index (χ2n) is 5.86. The monoisotopic (exact) mass is 307 g/mol. The second-order valence-corrected chi connectivity index (χ2v) is 7.09. The summed E-state index contributed by atoms with van der Waals surface area (Å²) in [6.45, 7) is 2.23. The SMILES string of the molecule is COc1cc(C2CCNCC2)ccc1OC1CCSCC1. The molecule has 2 aliphatic rings. The summed E-state index contributed by atoms with van der Waals surface area (Å²) in [5.41, 5.74) is 1.39. The van der Waals surface area contributed by atoms with Gasteiger partial charge in [-0.15, -0.1) is 0 Å². The van der Waals surface area contributed by atoms with Gasteiger partial charge in [-0.1, -0.05) is 6.07 Å². The molecule has 2 saturated heterocycles. The highest BCUT2D eigenvalue weighted by molar-refractivity contribution is 7.99. The number of hydrogen-bond donors (Lipinski definition) is 1. The van der Waals surface area contributed by atoms with Gasteiger partial charge in [0.15, 0.2) is 11.5 Å². The Balaban J connectivity index is 1.71. The van der Waals surface area contributed by atoms with Crippen LogP contribution < -0.4 is 14.8 Å². The molecule has 2 heterocycles. The van der Waals surface area contributed by atoms with Crippen molar-refractivity contribution in [3.8, 4) is 11.5 Å². The van der Waals surface area contributed by atoms with E-state index in [1.807, 2.05) is 11.8 Å². The first-order valence-corrected chi connectivity index (χ1v) is 9.15. The van der Waals surface area contributed by atoms with Gasteiger partial charge in [0.05, 0.1) is 7.11 Å². The molecule has 1 N–H and O–H groups in total. The van der Waals surface area contributed by atoms with Crippen molar-refractivity contribution >= 4 is 11.8 Å². The lowest BCUT2D eigenvalue weighted by atomic mass is 9.90. The van der Waals surface area contributed by atoms with Gasteiger partial charge in [0, 0.05) is 0 Å². The molecule has 1 aromatic rings. The highest BCUT2D eigenvalue weighted by atomic mass is 32.2. The summed E-state index contributed by atoms with van der Waals surface area (Å²) in [4.78, 5) is 0. The third kappa shape index (κ3) is 3.86. The zero-order chi connectivity index (χ0) is 14.5. The van der Waals surface area contributed by atoms with Gasteiger partial charge in [0.25, 0.3) is 0 Å². The topological polar surface area (TPSA) is 30.5 Å². The molecule has 0 unspecified atom stereocenters. The molecule has 0 aliphatic carbocycles. The first kappa shape index (κ1) is 15.0. The lowest BCUT2D eigenvalue weighted by Gasteiger charge is -2.26. The predicted molar refractivity (Wildman–Crippen MR) is 88.8 cm³/mol. The molecular formula is C17H25NO2S. The Morgan fingerprint density at radius 2 is 1.81 bits per heavy atom. The number of methoxy groups -OCH3 is 1. The van der Waals surface area contributed by atoms with Crippen molar-refractivity contribution < 1.29 is 9.47 Å². The van der Waals surface area contributed by atoms with Crippen LogP contribution in [0.15, 0.2) is 18.2 Å². The fourth-order valence-corrected chi connectivity index (χ4v) is 4.23. The van der Waals surface area contributed by atoms with Gasteiger partial charge in [-0.2, -0.15) is 11.8 Å². The molecular weight excluding hydrogens is 282 g/mol. The summed E-state index contributed by atoms with van der Waals surface area (Å²) < 4.78 is 11.7. The molecule has 0 aromatic heterocycles. The molecule has 0 saturated carbocycles. The highest BCUT2D eigenvalue weighted by Crippen LogP contribution is 2.35. The number of benzene rings is 1. The van der Waals surface area contributed by atoms with Gasteiger partial charge in [-0.3, -0.25) is 0 Å². The molecule has 0 radical (unpaired) electrons. The van der Waals surface area contributed by atoms with Gasteiger partial charge in [-0.25, -0.2) is 0 Å². The number of ether oxygens (including phenoxy) is 2. The number of hydrogen-bond acceptors (Lipinski definition) is 4. The maximum Gasteiger partial charge on any atom is 0.161 e. The van der Waals surface area contributed by atoms with Crippen LogP contribution in [0.2, 0.25) is 0 Å². The van der Waals surface area contributed by atoms with Crippen LogP contribution in [0.3, 0.4) is 0 Å². The van der Waals surface area contributed by atoms with E-state index in [1.165, 1.54) is 29.9 Å². The zero-order valence-electron chi connectivity index (χ0n) is 12.8. The molecule has 1 aromatic carbocycles. The molecule has 2 fully saturated rings. The van der Waals surface area contributed by atoms with Crippen LogP contribution in [0.1, 0.15) is 37.2 Å². The quantitative estimate of drug-likeness (QED) is 0.923. The fraction of sp³-hybridized carbons (Fsp3) is 0.647. The summed E-state index contributed by atoms with van der Waals surface area (Å²) in [5.74, 6) is 4.87. The van der Waals surface area contributed by atoms with Gasteiger partial charge >= 0.3 is 0 Å². The van der Waals surface area contributed by atoms with Gasteiger partial charge in [0.1, 0.15) is 6.10 Å². The van der Waals surface area contributed by atoms with Crippen LogP contribution in [-0.4, -0.2) is 37.8 Å². The fourth-order valence-electron chi connectivity index (χ4n) is 3.16. The van der Waals surface area contributed by atoms with E-state index in [0.29, 0.717) is 12.0 Å². The minimum Gasteiger partial charge on any atom is -0.493 e. The average Bonchev–Trinajstić information content (AvgIpc) is 2.57. The van der Waals surface area contributed by atoms with E-state index in [0.717, 1.165) is 37.4 Å². The molecule has 4 heteroatoms. The summed E-state index contributed by atoms with van der Waals surface area (Å²) in [6.07, 6.45) is 5.06. The molecule has 0 amide bonds. The average molecular weight is 307 g/mol. The van der Waals surface area contributed by atoms with Crippen molar-refractivity contribution in [3.05, 3.63) is 23.8 Å². The summed E-state index contributed by atoms with van der Waals surface area (Å²) in [7, 11) is 1.74. The van der Waals surface area contributed by atoms with Crippen molar-refractivity contribution in [1.29, 1.82) is 0 Å². The lowest BCUT2D eigenvalue weighted by molar-refractivity contribution is 0.184. The van der Waals surface area contributed by atoms with Crippen molar-refractivity contribution in [3.63, 3.8) is 0 Å². The first-order chi connectivity index (χ1) is 10.4.